The summed E-state index contributed by atoms with van der Waals surface area (Å²) >= 11 is 2.20. The van der Waals surface area contributed by atoms with Gasteiger partial charge in [0.15, 0.2) is 0 Å². The number of carbonyl (C=O) groups excluding carboxylic acids is 1. The molecule has 1 unspecified atom stereocenters. The first-order chi connectivity index (χ1) is 8.90. The van der Waals surface area contributed by atoms with E-state index in [0.29, 0.717) is 12.1 Å². The topological polar surface area (TPSA) is 17.1 Å². The Morgan fingerprint density at radius 3 is 2.10 bits per heavy atom. The summed E-state index contributed by atoms with van der Waals surface area (Å²) in [5.41, 5.74) is -6.11. The molecule has 1 rings (SSSR count). The van der Waals surface area contributed by atoms with Crippen LogP contribution in [0.2, 0.25) is 0 Å². The molecule has 0 amide bonds. The maximum Gasteiger partial charge on any atom is 0.446 e. The molecule has 112 valence electrons. The van der Waals surface area contributed by atoms with Gasteiger partial charge in [0.25, 0.3) is 0 Å². The lowest BCUT2D eigenvalue weighted by Gasteiger charge is -2.14. The molecular formula is C11H7BrF6OS. The summed E-state index contributed by atoms with van der Waals surface area (Å²) in [5.74, 6) is -0.507. The van der Waals surface area contributed by atoms with E-state index in [-0.39, 0.29) is 5.56 Å². The summed E-state index contributed by atoms with van der Waals surface area (Å²) in [6.45, 7) is 1.12. The van der Waals surface area contributed by atoms with E-state index in [0.717, 1.165) is 13.0 Å². The van der Waals surface area contributed by atoms with Crippen molar-refractivity contribution >= 4 is 33.5 Å². The number of thioether (sulfide) groups is 1. The molecule has 20 heavy (non-hydrogen) atoms. The van der Waals surface area contributed by atoms with Crippen LogP contribution in [0.3, 0.4) is 0 Å². The molecule has 0 radical (unpaired) electrons. The quantitative estimate of drug-likeness (QED) is 0.399. The Morgan fingerprint density at radius 1 is 1.15 bits per heavy atom. The smallest absolute Gasteiger partial charge is 0.298 e. The zero-order chi connectivity index (χ0) is 15.7. The minimum absolute atomic E-state index is 0.168. The van der Waals surface area contributed by atoms with Crippen LogP contribution in [-0.4, -0.2) is 11.3 Å². The molecule has 1 aromatic rings. The predicted molar refractivity (Wildman–Crippen MR) is 65.7 cm³/mol. The van der Waals surface area contributed by atoms with Gasteiger partial charge in [0.1, 0.15) is 5.78 Å². The minimum atomic E-state index is -4.79. The molecule has 9 heteroatoms. The highest BCUT2D eigenvalue weighted by atomic mass is 79.9. The Hall–Kier alpha value is -0.700. The molecule has 0 aliphatic rings. The Labute approximate surface area is 122 Å². The largest absolute Gasteiger partial charge is 0.446 e. The van der Waals surface area contributed by atoms with Crippen LogP contribution in [0.1, 0.15) is 22.9 Å². The van der Waals surface area contributed by atoms with Gasteiger partial charge in [-0.3, -0.25) is 4.79 Å². The normalized spacial score (nSPS) is 14.2. The molecular weight excluding hydrogens is 374 g/mol. The van der Waals surface area contributed by atoms with E-state index in [4.69, 9.17) is 0 Å². The van der Waals surface area contributed by atoms with Gasteiger partial charge in [0, 0.05) is 4.90 Å². The number of benzene rings is 1. The Bertz CT molecular complexity index is 511. The standard InChI is InChI=1S/C11H7BrF6OS/c1-5(19)9(12)6-2-7(10(13,14)15)4-8(3-6)20-11(16,17)18/h2-4,9H,1H3. The van der Waals surface area contributed by atoms with Crippen molar-refractivity contribution in [2.24, 2.45) is 0 Å². The Balaban J connectivity index is 3.32. The number of halogens is 7. The number of hydrogen-bond donors (Lipinski definition) is 0. The third-order valence-electron chi connectivity index (χ3n) is 2.14. The third-order valence-corrected chi connectivity index (χ3v) is 4.02. The van der Waals surface area contributed by atoms with Gasteiger partial charge in [0.05, 0.1) is 10.4 Å². The fourth-order valence-electron chi connectivity index (χ4n) is 1.36. The lowest BCUT2D eigenvalue weighted by atomic mass is 10.1. The zero-order valence-corrected chi connectivity index (χ0v) is 12.2. The summed E-state index contributed by atoms with van der Waals surface area (Å²) < 4.78 is 74.8. The van der Waals surface area contributed by atoms with Crippen molar-refractivity contribution in [3.05, 3.63) is 29.3 Å². The fourth-order valence-corrected chi connectivity index (χ4v) is 2.27. The van der Waals surface area contributed by atoms with Gasteiger partial charge >= 0.3 is 11.7 Å². The lowest BCUT2D eigenvalue weighted by molar-refractivity contribution is -0.137. The minimum Gasteiger partial charge on any atom is -0.298 e. The van der Waals surface area contributed by atoms with Crippen LogP contribution < -0.4 is 0 Å². The summed E-state index contributed by atoms with van der Waals surface area (Å²) in [6.07, 6.45) is -4.79. The number of alkyl halides is 7. The van der Waals surface area contributed by atoms with Gasteiger partial charge in [-0.2, -0.15) is 26.3 Å². The van der Waals surface area contributed by atoms with Crippen molar-refractivity contribution < 1.29 is 31.1 Å². The number of Topliss-reactive ketones (excluding diaryl/α,β-unsaturated/α-hetero) is 1. The molecule has 1 nitrogen and oxygen atoms in total. The van der Waals surface area contributed by atoms with E-state index in [1.54, 1.807) is 0 Å². The first kappa shape index (κ1) is 17.4. The molecule has 0 aliphatic carbocycles. The van der Waals surface area contributed by atoms with Gasteiger partial charge in [-0.05, 0) is 42.4 Å². The van der Waals surface area contributed by atoms with Crippen LogP contribution in [0, 0.1) is 0 Å². The lowest BCUT2D eigenvalue weighted by Crippen LogP contribution is -2.09. The molecule has 1 aromatic carbocycles. The summed E-state index contributed by atoms with van der Waals surface area (Å²) in [6, 6.07) is 1.97. The number of rotatable bonds is 3. The first-order valence-electron chi connectivity index (χ1n) is 5.02. The highest BCUT2D eigenvalue weighted by Crippen LogP contribution is 2.41. The van der Waals surface area contributed by atoms with E-state index in [9.17, 15) is 31.1 Å². The summed E-state index contributed by atoms with van der Waals surface area (Å²) in [5, 5.41) is 0. The molecule has 0 aromatic heterocycles. The molecule has 0 saturated carbocycles. The maximum absolute atomic E-state index is 12.7. The fraction of sp³-hybridized carbons (Fsp3) is 0.364. The van der Waals surface area contributed by atoms with Gasteiger partial charge in [0.2, 0.25) is 0 Å². The van der Waals surface area contributed by atoms with Crippen molar-refractivity contribution in [1.29, 1.82) is 0 Å². The number of hydrogen-bond acceptors (Lipinski definition) is 2. The number of carbonyl (C=O) groups is 1. The third kappa shape index (κ3) is 5.01. The summed E-state index contributed by atoms with van der Waals surface area (Å²) in [4.78, 5) is 9.44. The molecule has 0 saturated heterocycles. The van der Waals surface area contributed by atoms with Gasteiger partial charge in [-0.25, -0.2) is 0 Å². The second-order valence-corrected chi connectivity index (χ2v) is 5.86. The van der Waals surface area contributed by atoms with Crippen molar-refractivity contribution in [2.45, 2.75) is 28.3 Å². The molecule has 1 atom stereocenters. The van der Waals surface area contributed by atoms with Crippen LogP contribution in [0.25, 0.3) is 0 Å². The average Bonchev–Trinajstić information content (AvgIpc) is 2.23. The molecule has 0 heterocycles. The van der Waals surface area contributed by atoms with Crippen LogP contribution in [0.4, 0.5) is 26.3 Å². The van der Waals surface area contributed by atoms with E-state index in [2.05, 4.69) is 15.9 Å². The molecule has 0 N–H and O–H groups in total. The van der Waals surface area contributed by atoms with E-state index >= 15 is 0 Å². The number of ketones is 1. The Morgan fingerprint density at radius 2 is 1.70 bits per heavy atom. The SMILES string of the molecule is CC(=O)C(Br)c1cc(SC(F)(F)F)cc(C(F)(F)F)c1. The van der Waals surface area contributed by atoms with Crippen LogP contribution in [0.5, 0.6) is 0 Å². The highest BCUT2D eigenvalue weighted by molar-refractivity contribution is 9.09. The predicted octanol–water partition coefficient (Wildman–Crippen LogP) is 5.34. The van der Waals surface area contributed by atoms with E-state index in [1.165, 1.54) is 0 Å². The second kappa shape index (κ2) is 5.97. The van der Waals surface area contributed by atoms with Crippen LogP contribution in [-0.2, 0) is 11.0 Å². The van der Waals surface area contributed by atoms with Crippen molar-refractivity contribution in [3.8, 4) is 0 Å². The molecule has 0 bridgehead atoms. The monoisotopic (exact) mass is 380 g/mol. The average molecular weight is 381 g/mol. The van der Waals surface area contributed by atoms with E-state index in [1.807, 2.05) is 0 Å². The Kier molecular flexibility index (Phi) is 5.18. The van der Waals surface area contributed by atoms with Crippen LogP contribution >= 0.6 is 27.7 Å². The van der Waals surface area contributed by atoms with Crippen molar-refractivity contribution in [2.75, 3.05) is 0 Å². The second-order valence-electron chi connectivity index (χ2n) is 3.81. The van der Waals surface area contributed by atoms with Crippen molar-refractivity contribution in [3.63, 3.8) is 0 Å². The highest BCUT2D eigenvalue weighted by Gasteiger charge is 2.35. The molecule has 0 spiro atoms. The maximum atomic E-state index is 12.7. The van der Waals surface area contributed by atoms with Crippen LogP contribution in [0.15, 0.2) is 23.1 Å². The molecule has 0 fully saturated rings. The van der Waals surface area contributed by atoms with Crippen molar-refractivity contribution in [1.82, 2.24) is 0 Å². The van der Waals surface area contributed by atoms with Gasteiger partial charge in [-0.15, -0.1) is 0 Å². The van der Waals surface area contributed by atoms with E-state index < -0.39 is 44.5 Å². The molecule has 0 aliphatic heterocycles. The van der Waals surface area contributed by atoms with Gasteiger partial charge in [-0.1, -0.05) is 15.9 Å². The van der Waals surface area contributed by atoms with Gasteiger partial charge < -0.3 is 0 Å². The zero-order valence-electron chi connectivity index (χ0n) is 9.77. The summed E-state index contributed by atoms with van der Waals surface area (Å²) in [7, 11) is 0. The first-order valence-corrected chi connectivity index (χ1v) is 6.76.